The van der Waals surface area contributed by atoms with Crippen molar-refractivity contribution < 1.29 is 14.6 Å². The standard InChI is InChI=1S/C16H20N4O3/c1-2-23-14-11-12(3-4-13(14)21)15-17-5-7-19(15)9-10-20-8-6-18-16(20)22/h3-5,7,11,21H,2,6,8-10H2,1H3,(H,18,22). The Hall–Kier alpha value is -2.70. The highest BCUT2D eigenvalue weighted by Crippen LogP contribution is 2.31. The number of rotatable bonds is 6. The van der Waals surface area contributed by atoms with Gasteiger partial charge in [-0.1, -0.05) is 0 Å². The quantitative estimate of drug-likeness (QED) is 0.850. The van der Waals surface area contributed by atoms with Gasteiger partial charge >= 0.3 is 6.03 Å². The normalized spacial score (nSPS) is 14.1. The van der Waals surface area contributed by atoms with Gasteiger partial charge < -0.3 is 24.6 Å². The molecule has 0 bridgehead atoms. The maximum Gasteiger partial charge on any atom is 0.317 e. The summed E-state index contributed by atoms with van der Waals surface area (Å²) < 4.78 is 7.42. The summed E-state index contributed by atoms with van der Waals surface area (Å²) >= 11 is 0. The molecule has 2 aromatic rings. The first-order valence-electron chi connectivity index (χ1n) is 7.69. The van der Waals surface area contributed by atoms with E-state index >= 15 is 0 Å². The lowest BCUT2D eigenvalue weighted by molar-refractivity contribution is 0.215. The van der Waals surface area contributed by atoms with Crippen LogP contribution >= 0.6 is 0 Å². The molecule has 1 aromatic carbocycles. The van der Waals surface area contributed by atoms with E-state index in [9.17, 15) is 9.90 Å². The first kappa shape index (κ1) is 15.2. The average molecular weight is 316 g/mol. The van der Waals surface area contributed by atoms with Crippen LogP contribution in [0.3, 0.4) is 0 Å². The molecule has 0 saturated carbocycles. The van der Waals surface area contributed by atoms with Gasteiger partial charge in [0.05, 0.1) is 6.61 Å². The Labute approximate surface area is 134 Å². The molecule has 1 saturated heterocycles. The van der Waals surface area contributed by atoms with E-state index < -0.39 is 0 Å². The third-order valence-corrected chi connectivity index (χ3v) is 3.79. The number of phenolic OH excluding ortho intramolecular Hbond substituents is 1. The van der Waals surface area contributed by atoms with Crippen LogP contribution in [0.4, 0.5) is 4.79 Å². The SMILES string of the molecule is CCOc1cc(-c2nccn2CCN2CCNC2=O)ccc1O. The Morgan fingerprint density at radius 1 is 1.39 bits per heavy atom. The molecule has 7 nitrogen and oxygen atoms in total. The summed E-state index contributed by atoms with van der Waals surface area (Å²) in [7, 11) is 0. The number of carbonyl (C=O) groups is 1. The molecule has 1 aliphatic heterocycles. The van der Waals surface area contributed by atoms with Crippen LogP contribution in [0, 0.1) is 0 Å². The first-order valence-corrected chi connectivity index (χ1v) is 7.69. The number of aromatic nitrogens is 2. The highest BCUT2D eigenvalue weighted by atomic mass is 16.5. The van der Waals surface area contributed by atoms with Gasteiger partial charge in [0.1, 0.15) is 5.82 Å². The predicted octanol–water partition coefficient (Wildman–Crippen LogP) is 1.68. The molecule has 122 valence electrons. The minimum Gasteiger partial charge on any atom is -0.504 e. The lowest BCUT2D eigenvalue weighted by Gasteiger charge is -2.16. The molecule has 2 N–H and O–H groups in total. The Bertz CT molecular complexity index is 698. The zero-order chi connectivity index (χ0) is 16.2. The van der Waals surface area contributed by atoms with Crippen molar-refractivity contribution in [3.05, 3.63) is 30.6 Å². The van der Waals surface area contributed by atoms with Gasteiger partial charge in [0.25, 0.3) is 0 Å². The molecule has 2 amide bonds. The van der Waals surface area contributed by atoms with E-state index in [2.05, 4.69) is 10.3 Å². The van der Waals surface area contributed by atoms with Crippen molar-refractivity contribution in [1.82, 2.24) is 19.8 Å². The van der Waals surface area contributed by atoms with Gasteiger partial charge in [-0.15, -0.1) is 0 Å². The van der Waals surface area contributed by atoms with Crippen molar-refractivity contribution in [2.45, 2.75) is 13.5 Å². The molecule has 0 unspecified atom stereocenters. The van der Waals surface area contributed by atoms with Crippen LogP contribution in [0.25, 0.3) is 11.4 Å². The Balaban J connectivity index is 1.77. The number of aromatic hydroxyl groups is 1. The van der Waals surface area contributed by atoms with Crippen molar-refractivity contribution in [3.63, 3.8) is 0 Å². The van der Waals surface area contributed by atoms with Crippen LogP contribution in [0.1, 0.15) is 6.92 Å². The second-order valence-electron chi connectivity index (χ2n) is 5.28. The lowest BCUT2D eigenvalue weighted by Crippen LogP contribution is -2.31. The highest BCUT2D eigenvalue weighted by Gasteiger charge is 2.19. The molecule has 0 radical (unpaired) electrons. The van der Waals surface area contributed by atoms with Crippen molar-refractivity contribution in [2.24, 2.45) is 0 Å². The second kappa shape index (κ2) is 6.60. The van der Waals surface area contributed by atoms with Crippen LogP contribution in [-0.2, 0) is 6.54 Å². The Kier molecular flexibility index (Phi) is 4.36. The molecule has 7 heteroatoms. The minimum absolute atomic E-state index is 0.0186. The van der Waals surface area contributed by atoms with E-state index in [1.807, 2.05) is 17.7 Å². The molecule has 23 heavy (non-hydrogen) atoms. The maximum atomic E-state index is 11.6. The Morgan fingerprint density at radius 3 is 3.00 bits per heavy atom. The molecular formula is C16H20N4O3. The first-order chi connectivity index (χ1) is 11.2. The van der Waals surface area contributed by atoms with E-state index in [4.69, 9.17) is 4.74 Å². The van der Waals surface area contributed by atoms with Gasteiger partial charge in [0.2, 0.25) is 0 Å². The fourth-order valence-electron chi connectivity index (χ4n) is 2.63. The molecule has 0 aliphatic carbocycles. The molecule has 1 fully saturated rings. The third kappa shape index (κ3) is 3.23. The van der Waals surface area contributed by atoms with E-state index in [1.165, 1.54) is 0 Å². The van der Waals surface area contributed by atoms with Crippen molar-refractivity contribution >= 4 is 6.03 Å². The number of hydrogen-bond acceptors (Lipinski definition) is 4. The third-order valence-electron chi connectivity index (χ3n) is 3.79. The topological polar surface area (TPSA) is 79.6 Å². The summed E-state index contributed by atoms with van der Waals surface area (Å²) in [6.45, 7) is 5.07. The van der Waals surface area contributed by atoms with Crippen molar-refractivity contribution in [2.75, 3.05) is 26.2 Å². The number of nitrogens with zero attached hydrogens (tertiary/aromatic N) is 3. The number of benzene rings is 1. The van der Waals surface area contributed by atoms with Gasteiger partial charge in [-0.2, -0.15) is 0 Å². The smallest absolute Gasteiger partial charge is 0.317 e. The summed E-state index contributed by atoms with van der Waals surface area (Å²) in [6.07, 6.45) is 3.61. The van der Waals surface area contributed by atoms with Crippen molar-refractivity contribution in [1.29, 1.82) is 0 Å². The van der Waals surface area contributed by atoms with E-state index in [1.54, 1.807) is 29.3 Å². The van der Waals surface area contributed by atoms with Gasteiger partial charge in [0, 0.05) is 44.1 Å². The van der Waals surface area contributed by atoms with Crippen LogP contribution in [0.15, 0.2) is 30.6 Å². The van der Waals surface area contributed by atoms with E-state index in [0.717, 1.165) is 17.9 Å². The number of amides is 2. The zero-order valence-corrected chi connectivity index (χ0v) is 13.0. The summed E-state index contributed by atoms with van der Waals surface area (Å²) in [4.78, 5) is 17.8. The summed E-state index contributed by atoms with van der Waals surface area (Å²) in [6, 6.07) is 5.17. The van der Waals surface area contributed by atoms with E-state index in [-0.39, 0.29) is 11.8 Å². The largest absolute Gasteiger partial charge is 0.504 e. The number of ether oxygens (including phenoxy) is 1. The van der Waals surface area contributed by atoms with Gasteiger partial charge in [-0.05, 0) is 25.1 Å². The van der Waals surface area contributed by atoms with E-state index in [0.29, 0.717) is 32.0 Å². The van der Waals surface area contributed by atoms with Crippen LogP contribution in [-0.4, -0.2) is 51.8 Å². The number of hydrogen-bond donors (Lipinski definition) is 2. The number of phenols is 1. The fourth-order valence-corrected chi connectivity index (χ4v) is 2.63. The van der Waals surface area contributed by atoms with Gasteiger partial charge in [-0.25, -0.2) is 9.78 Å². The number of urea groups is 1. The number of imidazole rings is 1. The zero-order valence-electron chi connectivity index (χ0n) is 13.0. The van der Waals surface area contributed by atoms with Crippen LogP contribution in [0.2, 0.25) is 0 Å². The molecular weight excluding hydrogens is 296 g/mol. The summed E-state index contributed by atoms with van der Waals surface area (Å²) in [5.74, 6) is 1.34. The minimum atomic E-state index is -0.0186. The predicted molar refractivity (Wildman–Crippen MR) is 85.5 cm³/mol. The molecule has 0 atom stereocenters. The maximum absolute atomic E-state index is 11.6. The van der Waals surface area contributed by atoms with Crippen LogP contribution < -0.4 is 10.1 Å². The summed E-state index contributed by atoms with van der Waals surface area (Å²) in [5, 5.41) is 12.6. The molecule has 3 rings (SSSR count). The Morgan fingerprint density at radius 2 is 2.26 bits per heavy atom. The summed E-state index contributed by atoms with van der Waals surface area (Å²) in [5.41, 5.74) is 0.863. The number of nitrogens with one attached hydrogen (secondary N) is 1. The molecule has 1 aromatic heterocycles. The van der Waals surface area contributed by atoms with Gasteiger partial charge in [0.15, 0.2) is 11.5 Å². The lowest BCUT2D eigenvalue weighted by atomic mass is 10.2. The van der Waals surface area contributed by atoms with Crippen LogP contribution in [0.5, 0.6) is 11.5 Å². The van der Waals surface area contributed by atoms with Gasteiger partial charge in [-0.3, -0.25) is 0 Å². The van der Waals surface area contributed by atoms with Crippen molar-refractivity contribution in [3.8, 4) is 22.9 Å². The molecule has 2 heterocycles. The highest BCUT2D eigenvalue weighted by molar-refractivity contribution is 5.76. The second-order valence-corrected chi connectivity index (χ2v) is 5.28. The fraction of sp³-hybridized carbons (Fsp3) is 0.375. The molecule has 1 aliphatic rings. The molecule has 0 spiro atoms. The number of carbonyl (C=O) groups excluding carboxylic acids is 1. The monoisotopic (exact) mass is 316 g/mol. The average Bonchev–Trinajstić information content (AvgIpc) is 3.16.